The predicted octanol–water partition coefficient (Wildman–Crippen LogP) is 0.474. The minimum absolute atomic E-state index is 0.736. The average molecular weight is 118 g/mol. The summed E-state index contributed by atoms with van der Waals surface area (Å²) < 4.78 is 9.42. The maximum atomic E-state index is 9.42. The van der Waals surface area contributed by atoms with Crippen molar-refractivity contribution in [1.82, 2.24) is 0 Å². The van der Waals surface area contributed by atoms with Crippen LogP contribution < -0.4 is 0 Å². The molecule has 0 aliphatic carbocycles. The van der Waals surface area contributed by atoms with E-state index in [0.717, 1.165) is 5.25 Å². The molecule has 0 N–H and O–H groups in total. The zero-order valence-electron chi connectivity index (χ0n) is 2.62. The Morgan fingerprint density at radius 1 is 2.00 bits per heavy atom. The summed E-state index contributed by atoms with van der Waals surface area (Å²) in [6.07, 6.45) is 0. The molecule has 0 aliphatic rings. The van der Waals surface area contributed by atoms with E-state index in [-0.39, 0.29) is 0 Å². The van der Waals surface area contributed by atoms with Gasteiger partial charge in [0.25, 0.3) is 0 Å². The molecule has 23 valence electrons. The molecular formula is C2H5GeO. The third-order valence-electron chi connectivity index (χ3n) is 0.144. The Hall–Kier alpha value is 0.343. The first-order valence-electron chi connectivity index (χ1n) is 1.26. The van der Waals surface area contributed by atoms with Gasteiger partial charge in [0.2, 0.25) is 0 Å². The molecule has 0 atom stereocenters. The van der Waals surface area contributed by atoms with Crippen LogP contribution in [0.5, 0.6) is 0 Å². The van der Waals surface area contributed by atoms with Gasteiger partial charge >= 0.3 is 31.3 Å². The quantitative estimate of drug-likeness (QED) is 0.457. The van der Waals surface area contributed by atoms with E-state index in [1.165, 1.54) is 0 Å². The summed E-state index contributed by atoms with van der Waals surface area (Å²) in [5, 5.41) is 0.889. The van der Waals surface area contributed by atoms with Crippen LogP contribution in [0.2, 0.25) is 5.25 Å². The normalized spacial score (nSPS) is 6.25. The first kappa shape index (κ1) is 4.34. The summed E-state index contributed by atoms with van der Waals surface area (Å²) in [6, 6.07) is 0. The van der Waals surface area contributed by atoms with Crippen molar-refractivity contribution in [3.63, 3.8) is 0 Å². The number of rotatable bonds is 1. The fraction of sp³-hybridized carbons (Fsp3) is 1.00. The molecule has 0 unspecified atom stereocenters. The molecular weight excluding hydrogens is 113 g/mol. The molecule has 1 nitrogen and oxygen atoms in total. The van der Waals surface area contributed by atoms with E-state index in [1.807, 2.05) is 6.92 Å². The Morgan fingerprint density at radius 2 is 2.25 bits per heavy atom. The second-order valence-corrected chi connectivity index (χ2v) is 2.59. The molecule has 0 heterocycles. The Balaban J connectivity index is 2.30. The summed E-state index contributed by atoms with van der Waals surface area (Å²) in [4.78, 5) is 0. The van der Waals surface area contributed by atoms with E-state index >= 15 is 0 Å². The molecule has 4 heavy (non-hydrogen) atoms. The number of hydrogen-bond donors (Lipinski definition) is 0. The molecule has 0 saturated carbocycles. The van der Waals surface area contributed by atoms with Gasteiger partial charge in [0.05, 0.1) is 0 Å². The standard InChI is InChI=1S/C2H5GeO/c1-2-3-4/h2H2,1H3. The monoisotopic (exact) mass is 119 g/mol. The molecule has 2 heteroatoms. The summed E-state index contributed by atoms with van der Waals surface area (Å²) in [5.74, 6) is 0. The van der Waals surface area contributed by atoms with Gasteiger partial charge in [-0.25, -0.2) is 0 Å². The molecule has 0 fully saturated rings. The third-order valence-corrected chi connectivity index (χ3v) is 0.750. The maximum absolute atomic E-state index is 9.42. The van der Waals surface area contributed by atoms with Crippen LogP contribution in [0, 0.1) is 0 Å². The molecule has 0 aromatic heterocycles. The van der Waals surface area contributed by atoms with Crippen LogP contribution in [0.3, 0.4) is 0 Å². The molecule has 0 rings (SSSR count). The van der Waals surface area contributed by atoms with Gasteiger partial charge in [0.1, 0.15) is 0 Å². The topological polar surface area (TPSA) is 17.1 Å². The van der Waals surface area contributed by atoms with E-state index in [4.69, 9.17) is 0 Å². The summed E-state index contributed by atoms with van der Waals surface area (Å²) in [7, 11) is 0. The molecule has 0 aliphatic heterocycles. The van der Waals surface area contributed by atoms with Gasteiger partial charge in [-0.05, 0) is 0 Å². The number of hydrogen-bond acceptors (Lipinski definition) is 1. The molecule has 0 bridgehead atoms. The summed E-state index contributed by atoms with van der Waals surface area (Å²) in [6.45, 7) is 1.92. The second-order valence-electron chi connectivity index (χ2n) is 0.498. The zero-order valence-corrected chi connectivity index (χ0v) is 4.71. The first-order chi connectivity index (χ1) is 1.91. The molecule has 0 saturated heterocycles. The van der Waals surface area contributed by atoms with Gasteiger partial charge < -0.3 is 0 Å². The van der Waals surface area contributed by atoms with Crippen LogP contribution in [0.25, 0.3) is 0 Å². The van der Waals surface area contributed by atoms with Crippen LogP contribution in [-0.4, -0.2) is 15.4 Å². The van der Waals surface area contributed by atoms with Crippen molar-refractivity contribution >= 4 is 15.4 Å². The Labute approximate surface area is 32.1 Å². The van der Waals surface area contributed by atoms with Crippen LogP contribution in [0.4, 0.5) is 0 Å². The van der Waals surface area contributed by atoms with Crippen molar-refractivity contribution in [3.8, 4) is 0 Å². The Bertz CT molecular complexity index is 20.0. The van der Waals surface area contributed by atoms with Crippen molar-refractivity contribution in [2.45, 2.75) is 12.2 Å². The van der Waals surface area contributed by atoms with Crippen LogP contribution in [-0.2, 0) is 3.78 Å². The fourth-order valence-corrected chi connectivity index (χ4v) is 0. The van der Waals surface area contributed by atoms with Crippen molar-refractivity contribution in [2.24, 2.45) is 0 Å². The van der Waals surface area contributed by atoms with Crippen molar-refractivity contribution in [2.75, 3.05) is 0 Å². The van der Waals surface area contributed by atoms with Gasteiger partial charge in [0.15, 0.2) is 0 Å². The van der Waals surface area contributed by atoms with E-state index < -0.39 is 15.4 Å². The predicted molar refractivity (Wildman–Crippen MR) is 16.9 cm³/mol. The van der Waals surface area contributed by atoms with Gasteiger partial charge in [0, 0.05) is 0 Å². The van der Waals surface area contributed by atoms with Crippen LogP contribution in [0.1, 0.15) is 6.92 Å². The van der Waals surface area contributed by atoms with Crippen LogP contribution in [0.15, 0.2) is 0 Å². The Kier molecular flexibility index (Phi) is 3.63. The van der Waals surface area contributed by atoms with E-state index in [9.17, 15) is 3.78 Å². The summed E-state index contributed by atoms with van der Waals surface area (Å²) >= 11 is -0.736. The third kappa shape index (κ3) is 2.34. The molecule has 0 amide bonds. The fourth-order valence-electron chi connectivity index (χ4n) is 0. The van der Waals surface area contributed by atoms with Crippen LogP contribution >= 0.6 is 0 Å². The molecule has 0 aromatic rings. The van der Waals surface area contributed by atoms with Gasteiger partial charge in [-0.2, -0.15) is 0 Å². The van der Waals surface area contributed by atoms with Crippen molar-refractivity contribution in [1.29, 1.82) is 0 Å². The van der Waals surface area contributed by atoms with Crippen molar-refractivity contribution in [3.05, 3.63) is 0 Å². The summed E-state index contributed by atoms with van der Waals surface area (Å²) in [5.41, 5.74) is 0. The van der Waals surface area contributed by atoms with E-state index in [2.05, 4.69) is 0 Å². The van der Waals surface area contributed by atoms with Crippen molar-refractivity contribution < 1.29 is 3.78 Å². The second kappa shape index (κ2) is 3.34. The van der Waals surface area contributed by atoms with E-state index in [1.54, 1.807) is 0 Å². The van der Waals surface area contributed by atoms with Gasteiger partial charge in [-0.15, -0.1) is 0 Å². The SMILES string of the molecule is C[CH2][Ge]=[O]. The molecule has 1 radical (unpaired) electrons. The Morgan fingerprint density at radius 3 is 2.25 bits per heavy atom. The first-order valence-corrected chi connectivity index (χ1v) is 3.60. The molecule has 0 spiro atoms. The molecule has 0 aromatic carbocycles. The van der Waals surface area contributed by atoms with E-state index in [0.29, 0.717) is 0 Å². The zero-order chi connectivity index (χ0) is 3.41. The minimum atomic E-state index is -0.736. The van der Waals surface area contributed by atoms with Gasteiger partial charge in [-0.1, -0.05) is 0 Å². The average Bonchev–Trinajstić information content (AvgIpc) is 1.37. The van der Waals surface area contributed by atoms with Gasteiger partial charge in [-0.3, -0.25) is 0 Å².